The number of aliphatic hydroxyl groups excluding tert-OH is 3. The van der Waals surface area contributed by atoms with Crippen LogP contribution in [0.2, 0.25) is 0 Å². The molecule has 14 nitrogen and oxygen atoms in total. The number of esters is 2. The Morgan fingerprint density at radius 3 is 2.07 bits per heavy atom. The molecule has 0 spiro atoms. The first-order valence-corrected chi connectivity index (χ1v) is 14.2. The van der Waals surface area contributed by atoms with Crippen LogP contribution < -0.4 is 0 Å². The van der Waals surface area contributed by atoms with E-state index in [0.29, 0.717) is 0 Å². The zero-order chi connectivity index (χ0) is 31.2. The van der Waals surface area contributed by atoms with E-state index in [9.17, 15) is 40.2 Å². The number of carbonyl (C=O) groups is 2. The molecule has 4 aliphatic heterocycles. The fourth-order valence-corrected chi connectivity index (χ4v) is 7.72. The zero-order valence-corrected chi connectivity index (χ0v) is 23.4. The van der Waals surface area contributed by atoms with Gasteiger partial charge in [0.1, 0.15) is 60.3 Å². The van der Waals surface area contributed by atoms with Crippen LogP contribution in [0, 0.1) is 11.3 Å². The molecule has 3 aliphatic carbocycles. The van der Waals surface area contributed by atoms with E-state index in [1.165, 1.54) is 48.5 Å². The summed E-state index contributed by atoms with van der Waals surface area (Å²) in [7, 11) is 0. The van der Waals surface area contributed by atoms with Gasteiger partial charge >= 0.3 is 11.9 Å². The second-order valence-corrected chi connectivity index (χ2v) is 12.3. The normalized spacial score (nSPS) is 43.0. The van der Waals surface area contributed by atoms with Crippen molar-refractivity contribution in [3.05, 3.63) is 59.7 Å². The quantitative estimate of drug-likeness (QED) is 0.214. The van der Waals surface area contributed by atoms with E-state index in [4.69, 9.17) is 28.4 Å². The Kier molecular flexibility index (Phi) is 6.56. The van der Waals surface area contributed by atoms with E-state index in [2.05, 4.69) is 0 Å². The average molecular weight is 617 g/mol. The monoisotopic (exact) mass is 616 g/mol. The predicted molar refractivity (Wildman–Crippen MR) is 142 cm³/mol. The number of hydrogen-bond acceptors (Lipinski definition) is 14. The lowest BCUT2D eigenvalue weighted by molar-refractivity contribution is -0.424. The van der Waals surface area contributed by atoms with Crippen LogP contribution in [0.25, 0.3) is 0 Å². The van der Waals surface area contributed by atoms with Gasteiger partial charge in [-0.25, -0.2) is 9.59 Å². The van der Waals surface area contributed by atoms with Gasteiger partial charge in [-0.3, -0.25) is 0 Å². The first-order valence-electron chi connectivity index (χ1n) is 14.2. The van der Waals surface area contributed by atoms with Crippen LogP contribution in [-0.2, 0) is 28.4 Å². The lowest BCUT2D eigenvalue weighted by Gasteiger charge is -2.67. The third kappa shape index (κ3) is 3.96. The Balaban J connectivity index is 1.12. The molecule has 11 atom stereocenters. The van der Waals surface area contributed by atoms with Crippen LogP contribution in [0.1, 0.15) is 40.5 Å². The minimum atomic E-state index is -1.74. The van der Waals surface area contributed by atoms with Crippen molar-refractivity contribution >= 4 is 11.9 Å². The molecule has 44 heavy (non-hydrogen) atoms. The molecule has 236 valence electrons. The van der Waals surface area contributed by atoms with Crippen LogP contribution in [0.15, 0.2) is 48.5 Å². The van der Waals surface area contributed by atoms with E-state index in [-0.39, 0.29) is 42.1 Å². The summed E-state index contributed by atoms with van der Waals surface area (Å²) >= 11 is 0. The second kappa shape index (κ2) is 9.83. The van der Waals surface area contributed by atoms with Crippen LogP contribution in [0.5, 0.6) is 11.5 Å². The molecule has 6 N–H and O–H groups in total. The third-order valence-corrected chi connectivity index (χ3v) is 9.97. The third-order valence-electron chi connectivity index (χ3n) is 9.97. The van der Waals surface area contributed by atoms with Crippen molar-refractivity contribution in [2.45, 2.75) is 73.8 Å². The van der Waals surface area contributed by atoms with Crippen molar-refractivity contribution in [1.29, 1.82) is 0 Å². The summed E-state index contributed by atoms with van der Waals surface area (Å²) in [5, 5.41) is 62.6. The minimum Gasteiger partial charge on any atom is -0.508 e. The number of benzene rings is 2. The van der Waals surface area contributed by atoms with E-state index in [1.807, 2.05) is 0 Å². The number of rotatable bonds is 8. The van der Waals surface area contributed by atoms with E-state index < -0.39 is 83.9 Å². The Hall–Kier alpha value is -3.34. The van der Waals surface area contributed by atoms with Gasteiger partial charge in [0.15, 0.2) is 18.4 Å². The summed E-state index contributed by atoms with van der Waals surface area (Å²) in [6.45, 7) is 0.917. The van der Waals surface area contributed by atoms with Crippen LogP contribution in [0.3, 0.4) is 0 Å². The lowest BCUT2D eigenvalue weighted by atomic mass is 9.41. The van der Waals surface area contributed by atoms with Crippen molar-refractivity contribution in [2.24, 2.45) is 11.3 Å². The van der Waals surface area contributed by atoms with Gasteiger partial charge in [0, 0.05) is 12.3 Å². The van der Waals surface area contributed by atoms with Crippen molar-refractivity contribution in [1.82, 2.24) is 0 Å². The summed E-state index contributed by atoms with van der Waals surface area (Å²) in [6, 6.07) is 10.8. The van der Waals surface area contributed by atoms with Gasteiger partial charge in [-0.15, -0.1) is 0 Å². The van der Waals surface area contributed by atoms with Crippen LogP contribution in [0.4, 0.5) is 0 Å². The van der Waals surface area contributed by atoms with Gasteiger partial charge in [0.05, 0.1) is 16.5 Å². The molecule has 0 amide bonds. The molecule has 2 aromatic rings. The molecule has 7 fully saturated rings. The highest BCUT2D eigenvalue weighted by molar-refractivity contribution is 5.90. The molecule has 3 saturated carbocycles. The van der Waals surface area contributed by atoms with Crippen molar-refractivity contribution in [3.8, 4) is 11.5 Å². The molecule has 4 heterocycles. The number of phenolic OH excluding ortho intramolecular Hbond substituents is 2. The summed E-state index contributed by atoms with van der Waals surface area (Å²) < 4.78 is 35.5. The molecule has 6 bridgehead atoms. The summed E-state index contributed by atoms with van der Waals surface area (Å²) in [5.41, 5.74) is -3.42. The van der Waals surface area contributed by atoms with E-state index in [0.717, 1.165) is 0 Å². The van der Waals surface area contributed by atoms with E-state index >= 15 is 0 Å². The highest BCUT2D eigenvalue weighted by atomic mass is 16.8. The topological polar surface area (TPSA) is 211 Å². The number of aromatic hydroxyl groups is 2. The number of ether oxygens (including phenoxy) is 6. The van der Waals surface area contributed by atoms with Crippen LogP contribution in [-0.4, -0.2) is 110 Å². The molecule has 9 rings (SSSR count). The highest BCUT2D eigenvalue weighted by Gasteiger charge is 2.94. The molecule has 0 radical (unpaired) electrons. The van der Waals surface area contributed by atoms with Gasteiger partial charge in [-0.2, -0.15) is 0 Å². The molecule has 4 saturated heterocycles. The van der Waals surface area contributed by atoms with Gasteiger partial charge in [-0.1, -0.05) is 0 Å². The Bertz CT molecular complexity index is 1470. The molecular weight excluding hydrogens is 584 g/mol. The fourth-order valence-electron chi connectivity index (χ4n) is 7.72. The summed E-state index contributed by atoms with van der Waals surface area (Å²) in [5.74, 6) is -3.67. The van der Waals surface area contributed by atoms with Gasteiger partial charge in [-0.05, 0) is 61.9 Å². The largest absolute Gasteiger partial charge is 0.508 e. The maximum atomic E-state index is 12.9. The van der Waals surface area contributed by atoms with Crippen molar-refractivity contribution in [2.75, 3.05) is 13.2 Å². The average Bonchev–Trinajstić information content (AvgIpc) is 3.18. The zero-order valence-electron chi connectivity index (χ0n) is 23.4. The van der Waals surface area contributed by atoms with Gasteiger partial charge < -0.3 is 59.1 Å². The molecule has 0 aromatic heterocycles. The molecule has 14 heteroatoms. The smallest absolute Gasteiger partial charge is 0.338 e. The number of phenols is 2. The fraction of sp³-hybridized carbons (Fsp3) is 0.533. The Morgan fingerprint density at radius 2 is 1.45 bits per heavy atom. The van der Waals surface area contributed by atoms with Gasteiger partial charge in [0.25, 0.3) is 0 Å². The second-order valence-electron chi connectivity index (χ2n) is 12.3. The van der Waals surface area contributed by atoms with E-state index in [1.54, 1.807) is 6.92 Å². The number of carbonyl (C=O) groups excluding carboxylic acids is 2. The standard InChI is InChI=1S/C30H32O14/c1-27-12-29(38)19-10-30(27,28(19,26(43-27)44-29)13-40-24(37)15-4-8-17(32)9-5-15)42-25-22(35)21(34)20(33)18(41-25)11-39-23(36)14-2-6-16(31)7-3-14/h2-9,18-22,25-26,31-35,38H,10-13H2,1H3/t18-,19-,20-,21+,22-,25+,26-,27+,28?,29-,30+/m1/s1. The van der Waals surface area contributed by atoms with Crippen molar-refractivity contribution < 1.29 is 68.6 Å². The Morgan fingerprint density at radius 1 is 0.864 bits per heavy atom. The first kappa shape index (κ1) is 29.4. The number of hydrogen-bond donors (Lipinski definition) is 6. The predicted octanol–water partition coefficient (Wildman–Crippen LogP) is -0.0816. The SMILES string of the molecule is C[C@@]12C[C@@]3(O)O[C@@H](O1)C1(COC(=O)c4ccc(O)cc4)[C@H]3C[C@@]12O[C@@H]1O[C@H](COC(=O)c2ccc(O)cc2)[C@@H](O)[C@H](O)[C@H]1O. The minimum absolute atomic E-state index is 0.0104. The first-order chi connectivity index (χ1) is 20.8. The van der Waals surface area contributed by atoms with Crippen molar-refractivity contribution in [3.63, 3.8) is 0 Å². The maximum absolute atomic E-state index is 12.9. The number of aliphatic hydroxyl groups is 4. The van der Waals surface area contributed by atoms with Crippen LogP contribution >= 0.6 is 0 Å². The molecule has 2 aromatic carbocycles. The lowest BCUT2D eigenvalue weighted by Crippen LogP contribution is -2.80. The molecular formula is C30H32O14. The van der Waals surface area contributed by atoms with Gasteiger partial charge in [0.2, 0.25) is 0 Å². The summed E-state index contributed by atoms with van der Waals surface area (Å²) in [6.07, 6.45) is -8.82. The summed E-state index contributed by atoms with van der Waals surface area (Å²) in [4.78, 5) is 25.4. The Labute approximate surface area is 250 Å². The highest BCUT2D eigenvalue weighted by Crippen LogP contribution is 2.81. The maximum Gasteiger partial charge on any atom is 0.338 e. The molecule has 1 unspecified atom stereocenters. The molecule has 7 aliphatic rings.